The van der Waals surface area contributed by atoms with Crippen molar-refractivity contribution >= 4 is 38.5 Å². The van der Waals surface area contributed by atoms with Crippen molar-refractivity contribution in [2.75, 3.05) is 0 Å². The molecule has 0 spiro atoms. The van der Waals surface area contributed by atoms with Gasteiger partial charge >= 0.3 is 0 Å². The van der Waals surface area contributed by atoms with Crippen molar-refractivity contribution in [1.29, 1.82) is 0 Å². The highest BCUT2D eigenvalue weighted by Gasteiger charge is 2.20. The summed E-state index contributed by atoms with van der Waals surface area (Å²) < 4.78 is 4.65. The number of fused-ring (bicyclic) bond motifs is 1. The fourth-order valence-corrected chi connectivity index (χ4v) is 3.35. The zero-order valence-electron chi connectivity index (χ0n) is 9.87. The molecule has 1 aliphatic carbocycles. The van der Waals surface area contributed by atoms with E-state index in [0.29, 0.717) is 0 Å². The molecule has 1 unspecified atom stereocenters. The summed E-state index contributed by atoms with van der Waals surface area (Å²) >= 11 is 5.89. The Kier molecular flexibility index (Phi) is 3.51. The highest BCUT2D eigenvalue weighted by Crippen LogP contribution is 2.31. The van der Waals surface area contributed by atoms with Crippen LogP contribution >= 0.6 is 38.5 Å². The third kappa shape index (κ3) is 2.14. The van der Waals surface area contributed by atoms with Crippen molar-refractivity contribution in [1.82, 2.24) is 4.57 Å². The van der Waals surface area contributed by atoms with Gasteiger partial charge in [-0.05, 0) is 87.6 Å². The largest absolute Gasteiger partial charge is 0.324 e. The minimum atomic E-state index is 0.213. The van der Waals surface area contributed by atoms with Crippen LogP contribution in [0.5, 0.6) is 0 Å². The minimum absolute atomic E-state index is 0.213. The second kappa shape index (κ2) is 4.98. The fourth-order valence-electron chi connectivity index (χ4n) is 2.60. The molecule has 3 rings (SSSR count). The van der Waals surface area contributed by atoms with E-state index in [1.165, 1.54) is 26.9 Å². The van der Waals surface area contributed by atoms with E-state index in [9.17, 15) is 0 Å². The molecule has 0 saturated carbocycles. The van der Waals surface area contributed by atoms with E-state index in [1.807, 2.05) is 0 Å². The second-order valence-electron chi connectivity index (χ2n) is 4.68. The van der Waals surface area contributed by atoms with Gasteiger partial charge in [0.1, 0.15) is 0 Å². The smallest absolute Gasteiger partial charge is 0.0463 e. The highest BCUT2D eigenvalue weighted by atomic mass is 127. The maximum atomic E-state index is 6.17. The standard InChI is InChI=1S/C14H14BrIN2/c15-11-5-4-9(8-12(11)16)18-7-6-10-13(17)2-1-3-14(10)18/h4-8,13H,1-3,17H2. The molecule has 0 amide bonds. The Morgan fingerprint density at radius 2 is 2.17 bits per heavy atom. The lowest BCUT2D eigenvalue weighted by atomic mass is 9.93. The summed E-state index contributed by atoms with van der Waals surface area (Å²) in [6, 6.07) is 8.84. The van der Waals surface area contributed by atoms with Crippen LogP contribution in [0.2, 0.25) is 0 Å². The summed E-state index contributed by atoms with van der Waals surface area (Å²) in [6.07, 6.45) is 5.57. The molecule has 1 aromatic heterocycles. The maximum Gasteiger partial charge on any atom is 0.0463 e. The Balaban J connectivity index is 2.09. The quantitative estimate of drug-likeness (QED) is 0.694. The first kappa shape index (κ1) is 12.7. The average Bonchev–Trinajstić information content (AvgIpc) is 2.78. The minimum Gasteiger partial charge on any atom is -0.324 e. The van der Waals surface area contributed by atoms with Crippen LogP contribution in [0.3, 0.4) is 0 Å². The van der Waals surface area contributed by atoms with Gasteiger partial charge in [0.05, 0.1) is 0 Å². The van der Waals surface area contributed by atoms with Crippen molar-refractivity contribution in [3.05, 3.63) is 49.8 Å². The van der Waals surface area contributed by atoms with Crippen molar-refractivity contribution in [3.8, 4) is 5.69 Å². The van der Waals surface area contributed by atoms with Crippen LogP contribution in [-0.2, 0) is 6.42 Å². The number of aromatic nitrogens is 1. The average molecular weight is 417 g/mol. The highest BCUT2D eigenvalue weighted by molar-refractivity contribution is 14.1. The first-order valence-corrected chi connectivity index (χ1v) is 7.95. The van der Waals surface area contributed by atoms with Gasteiger partial charge in [-0.1, -0.05) is 0 Å². The van der Waals surface area contributed by atoms with Gasteiger partial charge in [-0.15, -0.1) is 0 Å². The van der Waals surface area contributed by atoms with E-state index in [1.54, 1.807) is 0 Å². The Labute approximate surface area is 129 Å². The maximum absolute atomic E-state index is 6.17. The topological polar surface area (TPSA) is 30.9 Å². The van der Waals surface area contributed by atoms with Crippen LogP contribution in [0.15, 0.2) is 34.9 Å². The Morgan fingerprint density at radius 1 is 1.33 bits per heavy atom. The predicted molar refractivity (Wildman–Crippen MR) is 86.1 cm³/mol. The number of halogens is 2. The third-order valence-electron chi connectivity index (χ3n) is 3.54. The monoisotopic (exact) mass is 416 g/mol. The van der Waals surface area contributed by atoms with Crippen LogP contribution < -0.4 is 5.73 Å². The van der Waals surface area contributed by atoms with E-state index < -0.39 is 0 Å². The molecular formula is C14H14BrIN2. The van der Waals surface area contributed by atoms with Crippen molar-refractivity contribution in [3.63, 3.8) is 0 Å². The van der Waals surface area contributed by atoms with E-state index in [2.05, 4.69) is 73.6 Å². The molecule has 1 aromatic carbocycles. The SMILES string of the molecule is NC1CCCc2c1ccn2-c1ccc(Br)c(I)c1. The van der Waals surface area contributed by atoms with E-state index >= 15 is 0 Å². The summed E-state index contributed by atoms with van der Waals surface area (Å²) in [5.74, 6) is 0. The first-order valence-electron chi connectivity index (χ1n) is 6.08. The van der Waals surface area contributed by atoms with Gasteiger partial charge in [-0.3, -0.25) is 0 Å². The molecule has 0 fully saturated rings. The summed E-state index contributed by atoms with van der Waals surface area (Å²) in [4.78, 5) is 0. The molecule has 1 atom stereocenters. The van der Waals surface area contributed by atoms with E-state index in [0.717, 1.165) is 17.3 Å². The Bertz CT molecular complexity index is 591. The second-order valence-corrected chi connectivity index (χ2v) is 6.70. The Morgan fingerprint density at radius 3 is 2.94 bits per heavy atom. The molecule has 2 N–H and O–H groups in total. The summed E-state index contributed by atoms with van der Waals surface area (Å²) in [5, 5.41) is 0. The van der Waals surface area contributed by atoms with Crippen molar-refractivity contribution in [2.45, 2.75) is 25.3 Å². The lowest BCUT2D eigenvalue weighted by Gasteiger charge is -2.21. The molecule has 2 nitrogen and oxygen atoms in total. The zero-order chi connectivity index (χ0) is 12.7. The number of rotatable bonds is 1. The van der Waals surface area contributed by atoms with Gasteiger partial charge in [-0.25, -0.2) is 0 Å². The number of hydrogen-bond donors (Lipinski definition) is 1. The van der Waals surface area contributed by atoms with Gasteiger partial charge < -0.3 is 10.3 Å². The molecule has 1 aliphatic rings. The zero-order valence-corrected chi connectivity index (χ0v) is 13.6. The molecule has 2 aromatic rings. The van der Waals surface area contributed by atoms with Crippen molar-refractivity contribution < 1.29 is 0 Å². The van der Waals surface area contributed by atoms with Gasteiger partial charge in [0.2, 0.25) is 0 Å². The first-order chi connectivity index (χ1) is 8.66. The van der Waals surface area contributed by atoms with Crippen LogP contribution in [0.25, 0.3) is 5.69 Å². The van der Waals surface area contributed by atoms with Crippen molar-refractivity contribution in [2.24, 2.45) is 5.73 Å². The predicted octanol–water partition coefficient (Wildman–Crippen LogP) is 4.18. The Hall–Kier alpha value is -0.330. The number of benzene rings is 1. The fraction of sp³-hybridized carbons (Fsp3) is 0.286. The van der Waals surface area contributed by atoms with E-state index in [-0.39, 0.29) is 6.04 Å². The molecule has 4 heteroatoms. The van der Waals surface area contributed by atoms with E-state index in [4.69, 9.17) is 5.73 Å². The number of nitrogens with zero attached hydrogens (tertiary/aromatic N) is 1. The molecule has 0 saturated heterocycles. The molecule has 94 valence electrons. The summed E-state index contributed by atoms with van der Waals surface area (Å²) in [5.41, 5.74) is 10.1. The number of hydrogen-bond acceptors (Lipinski definition) is 1. The van der Waals surface area contributed by atoms with Gasteiger partial charge in [0, 0.05) is 31.7 Å². The molecular weight excluding hydrogens is 403 g/mol. The molecule has 0 aliphatic heterocycles. The van der Waals surface area contributed by atoms with Crippen LogP contribution in [0, 0.1) is 3.57 Å². The van der Waals surface area contributed by atoms with Crippen LogP contribution in [0.4, 0.5) is 0 Å². The lowest BCUT2D eigenvalue weighted by Crippen LogP contribution is -2.17. The summed E-state index contributed by atoms with van der Waals surface area (Å²) in [7, 11) is 0. The number of nitrogens with two attached hydrogens (primary N) is 1. The van der Waals surface area contributed by atoms with Crippen LogP contribution in [-0.4, -0.2) is 4.57 Å². The summed E-state index contributed by atoms with van der Waals surface area (Å²) in [6.45, 7) is 0. The van der Waals surface area contributed by atoms with Gasteiger partial charge in [-0.2, -0.15) is 0 Å². The molecule has 18 heavy (non-hydrogen) atoms. The lowest BCUT2D eigenvalue weighted by molar-refractivity contribution is 0.560. The van der Waals surface area contributed by atoms with Crippen LogP contribution in [0.1, 0.15) is 30.1 Å². The third-order valence-corrected chi connectivity index (χ3v) is 5.86. The molecule has 0 radical (unpaired) electrons. The molecule has 1 heterocycles. The normalized spacial score (nSPS) is 18.7. The van der Waals surface area contributed by atoms with Gasteiger partial charge in [0.25, 0.3) is 0 Å². The molecule has 0 bridgehead atoms. The van der Waals surface area contributed by atoms with Gasteiger partial charge in [0.15, 0.2) is 0 Å².